The number of aryl methyl sites for hydroxylation is 1. The van der Waals surface area contributed by atoms with E-state index in [4.69, 9.17) is 10.5 Å². The molecule has 0 radical (unpaired) electrons. The molecule has 1 aromatic rings. The molecule has 0 unspecified atom stereocenters. The molecule has 1 aromatic heterocycles. The van der Waals surface area contributed by atoms with E-state index >= 15 is 0 Å². The van der Waals surface area contributed by atoms with E-state index in [1.165, 1.54) is 5.69 Å². The van der Waals surface area contributed by atoms with Crippen molar-refractivity contribution >= 4 is 0 Å². The van der Waals surface area contributed by atoms with Crippen LogP contribution in [0.2, 0.25) is 0 Å². The predicted molar refractivity (Wildman–Crippen MR) is 48.8 cm³/mol. The third kappa shape index (κ3) is 2.36. The normalized spacial score (nSPS) is 10.5. The van der Waals surface area contributed by atoms with Crippen LogP contribution in [0, 0.1) is 0 Å². The lowest BCUT2D eigenvalue weighted by atomic mass is 10.4. The summed E-state index contributed by atoms with van der Waals surface area (Å²) in [4.78, 5) is 0. The Morgan fingerprint density at radius 2 is 2.42 bits per heavy atom. The summed E-state index contributed by atoms with van der Waals surface area (Å²) >= 11 is 0. The third-order valence-electron chi connectivity index (χ3n) is 1.88. The van der Waals surface area contributed by atoms with Crippen molar-refractivity contribution in [3.8, 4) is 0 Å². The zero-order chi connectivity index (χ0) is 8.81. The first-order valence-electron chi connectivity index (χ1n) is 4.21. The molecule has 2 N–H and O–H groups in total. The van der Waals surface area contributed by atoms with Gasteiger partial charge in [-0.05, 0) is 18.6 Å². The topological polar surface area (TPSA) is 40.2 Å². The summed E-state index contributed by atoms with van der Waals surface area (Å²) in [6.07, 6.45) is 3.09. The number of methoxy groups -OCH3 is 1. The van der Waals surface area contributed by atoms with Crippen molar-refractivity contribution in [2.45, 2.75) is 19.5 Å². The van der Waals surface area contributed by atoms with Gasteiger partial charge in [-0.25, -0.2) is 0 Å². The molecule has 68 valence electrons. The Kier molecular flexibility index (Phi) is 3.84. The monoisotopic (exact) mass is 168 g/mol. The van der Waals surface area contributed by atoms with E-state index in [9.17, 15) is 0 Å². The minimum Gasteiger partial charge on any atom is -0.385 e. The number of hydrogen-bond donors (Lipinski definition) is 1. The average molecular weight is 168 g/mol. The Bertz CT molecular complexity index is 220. The molecule has 0 aromatic carbocycles. The standard InChI is InChI=1S/C9H16N2O/c1-12-7-3-6-11-5-2-4-9(11)8-10/h2,4-5H,3,6-8,10H2,1H3. The summed E-state index contributed by atoms with van der Waals surface area (Å²) in [7, 11) is 1.72. The van der Waals surface area contributed by atoms with Crippen molar-refractivity contribution in [2.75, 3.05) is 13.7 Å². The second-order valence-electron chi connectivity index (χ2n) is 2.74. The van der Waals surface area contributed by atoms with Gasteiger partial charge in [0.15, 0.2) is 0 Å². The third-order valence-corrected chi connectivity index (χ3v) is 1.88. The molecule has 0 aliphatic carbocycles. The van der Waals surface area contributed by atoms with E-state index in [-0.39, 0.29) is 0 Å². The predicted octanol–water partition coefficient (Wildman–Crippen LogP) is 0.983. The number of hydrogen-bond acceptors (Lipinski definition) is 2. The van der Waals surface area contributed by atoms with Crippen LogP contribution in [0.3, 0.4) is 0 Å². The summed E-state index contributed by atoms with van der Waals surface area (Å²) in [5.74, 6) is 0. The first kappa shape index (κ1) is 9.29. The van der Waals surface area contributed by atoms with E-state index < -0.39 is 0 Å². The van der Waals surface area contributed by atoms with Crippen molar-refractivity contribution in [2.24, 2.45) is 5.73 Å². The summed E-state index contributed by atoms with van der Waals surface area (Å²) in [6.45, 7) is 2.41. The molecule has 1 rings (SSSR count). The Balaban J connectivity index is 2.39. The van der Waals surface area contributed by atoms with Crippen molar-refractivity contribution < 1.29 is 4.74 Å². The van der Waals surface area contributed by atoms with Gasteiger partial charge < -0.3 is 15.0 Å². The highest BCUT2D eigenvalue weighted by Crippen LogP contribution is 2.01. The minimum absolute atomic E-state index is 0.611. The fraction of sp³-hybridized carbons (Fsp3) is 0.556. The van der Waals surface area contributed by atoms with E-state index in [0.717, 1.165) is 19.6 Å². The van der Waals surface area contributed by atoms with Gasteiger partial charge >= 0.3 is 0 Å². The smallest absolute Gasteiger partial charge is 0.0479 e. The number of aromatic nitrogens is 1. The van der Waals surface area contributed by atoms with Crippen molar-refractivity contribution in [1.29, 1.82) is 0 Å². The molecule has 0 fully saturated rings. The van der Waals surface area contributed by atoms with Crippen LogP contribution < -0.4 is 5.73 Å². The molecular weight excluding hydrogens is 152 g/mol. The molecule has 3 heteroatoms. The molecule has 0 bridgehead atoms. The number of nitrogens with two attached hydrogens (primary N) is 1. The number of rotatable bonds is 5. The van der Waals surface area contributed by atoms with Gasteiger partial charge in [0.05, 0.1) is 0 Å². The molecule has 1 heterocycles. The summed E-state index contributed by atoms with van der Waals surface area (Å²) < 4.78 is 7.13. The zero-order valence-electron chi connectivity index (χ0n) is 7.49. The van der Waals surface area contributed by atoms with E-state index in [0.29, 0.717) is 6.54 Å². The molecule has 0 aliphatic heterocycles. The van der Waals surface area contributed by atoms with Crippen LogP contribution in [-0.4, -0.2) is 18.3 Å². The van der Waals surface area contributed by atoms with Crippen molar-refractivity contribution in [3.63, 3.8) is 0 Å². The molecular formula is C9H16N2O. The quantitative estimate of drug-likeness (QED) is 0.666. The first-order valence-corrected chi connectivity index (χ1v) is 4.21. The number of nitrogens with zero attached hydrogens (tertiary/aromatic N) is 1. The largest absolute Gasteiger partial charge is 0.385 e. The lowest BCUT2D eigenvalue weighted by Gasteiger charge is -2.06. The van der Waals surface area contributed by atoms with Crippen LogP contribution in [0.15, 0.2) is 18.3 Å². The van der Waals surface area contributed by atoms with E-state index in [2.05, 4.69) is 10.8 Å². The maximum Gasteiger partial charge on any atom is 0.0479 e. The maximum atomic E-state index is 5.55. The van der Waals surface area contributed by atoms with Crippen molar-refractivity contribution in [1.82, 2.24) is 4.57 Å². The van der Waals surface area contributed by atoms with Gasteiger partial charge in [0.2, 0.25) is 0 Å². The molecule has 0 saturated heterocycles. The first-order chi connectivity index (χ1) is 5.88. The highest BCUT2D eigenvalue weighted by atomic mass is 16.5. The molecule has 0 spiro atoms. The SMILES string of the molecule is COCCCn1cccc1CN. The summed E-state index contributed by atoms with van der Waals surface area (Å²) in [5, 5.41) is 0. The minimum atomic E-state index is 0.611. The van der Waals surface area contributed by atoms with Crippen molar-refractivity contribution in [3.05, 3.63) is 24.0 Å². The average Bonchev–Trinajstić information content (AvgIpc) is 2.52. The van der Waals surface area contributed by atoms with E-state index in [1.807, 2.05) is 12.1 Å². The number of ether oxygens (including phenoxy) is 1. The lowest BCUT2D eigenvalue weighted by Crippen LogP contribution is -2.07. The highest BCUT2D eigenvalue weighted by Gasteiger charge is 1.96. The van der Waals surface area contributed by atoms with Crippen LogP contribution >= 0.6 is 0 Å². The fourth-order valence-electron chi connectivity index (χ4n) is 1.23. The van der Waals surface area contributed by atoms with Crippen LogP contribution in [0.5, 0.6) is 0 Å². The summed E-state index contributed by atoms with van der Waals surface area (Å²) in [5.41, 5.74) is 6.73. The molecule has 0 amide bonds. The van der Waals surface area contributed by atoms with Gasteiger partial charge in [-0.15, -0.1) is 0 Å². The molecule has 0 saturated carbocycles. The lowest BCUT2D eigenvalue weighted by molar-refractivity contribution is 0.190. The van der Waals surface area contributed by atoms with Crippen LogP contribution in [-0.2, 0) is 17.8 Å². The van der Waals surface area contributed by atoms with Gasteiger partial charge in [0.1, 0.15) is 0 Å². The van der Waals surface area contributed by atoms with Gasteiger partial charge in [-0.3, -0.25) is 0 Å². The second kappa shape index (κ2) is 4.95. The van der Waals surface area contributed by atoms with E-state index in [1.54, 1.807) is 7.11 Å². The Labute approximate surface area is 73.1 Å². The second-order valence-corrected chi connectivity index (χ2v) is 2.74. The van der Waals surface area contributed by atoms with Gasteiger partial charge in [-0.1, -0.05) is 0 Å². The summed E-state index contributed by atoms with van der Waals surface area (Å²) in [6, 6.07) is 4.07. The maximum absolute atomic E-state index is 5.55. The Morgan fingerprint density at radius 3 is 3.08 bits per heavy atom. The highest BCUT2D eigenvalue weighted by molar-refractivity contribution is 5.06. The van der Waals surface area contributed by atoms with Gasteiger partial charge in [-0.2, -0.15) is 0 Å². The van der Waals surface area contributed by atoms with Gasteiger partial charge in [0.25, 0.3) is 0 Å². The molecule has 3 nitrogen and oxygen atoms in total. The Hall–Kier alpha value is -0.800. The Morgan fingerprint density at radius 1 is 1.58 bits per heavy atom. The van der Waals surface area contributed by atoms with Crippen LogP contribution in [0.25, 0.3) is 0 Å². The molecule has 0 atom stereocenters. The fourth-order valence-corrected chi connectivity index (χ4v) is 1.23. The molecule has 12 heavy (non-hydrogen) atoms. The zero-order valence-corrected chi connectivity index (χ0v) is 7.49. The van der Waals surface area contributed by atoms with Gasteiger partial charge in [0, 0.05) is 38.7 Å². The van der Waals surface area contributed by atoms with Crippen LogP contribution in [0.4, 0.5) is 0 Å². The molecule has 0 aliphatic rings. The van der Waals surface area contributed by atoms with Crippen LogP contribution in [0.1, 0.15) is 12.1 Å².